The molecule has 0 radical (unpaired) electrons. The van der Waals surface area contributed by atoms with E-state index in [9.17, 15) is 14.7 Å². The summed E-state index contributed by atoms with van der Waals surface area (Å²) in [7, 11) is 0. The van der Waals surface area contributed by atoms with Crippen LogP contribution in [0.4, 0.5) is 4.79 Å². The highest BCUT2D eigenvalue weighted by molar-refractivity contribution is 5.78. The van der Waals surface area contributed by atoms with Crippen molar-refractivity contribution in [1.82, 2.24) is 10.2 Å². The van der Waals surface area contributed by atoms with Crippen molar-refractivity contribution in [2.75, 3.05) is 13.1 Å². The summed E-state index contributed by atoms with van der Waals surface area (Å²) in [6.07, 6.45) is 7.95. The number of urea groups is 1. The lowest BCUT2D eigenvalue weighted by molar-refractivity contribution is -0.144. The third-order valence-electron chi connectivity index (χ3n) is 4.84. The zero-order valence-electron chi connectivity index (χ0n) is 10.9. The number of rotatable bonds is 2. The van der Waals surface area contributed by atoms with Crippen molar-refractivity contribution < 1.29 is 14.7 Å². The number of amides is 2. The average Bonchev–Trinajstić information content (AvgIpc) is 3.00. The highest BCUT2D eigenvalue weighted by Gasteiger charge is 2.51. The maximum absolute atomic E-state index is 12.2. The smallest absolute Gasteiger partial charge is 0.317 e. The highest BCUT2D eigenvalue weighted by Crippen LogP contribution is 2.48. The fourth-order valence-electron chi connectivity index (χ4n) is 3.91. The van der Waals surface area contributed by atoms with E-state index in [4.69, 9.17) is 0 Å². The van der Waals surface area contributed by atoms with E-state index in [-0.39, 0.29) is 23.9 Å². The average molecular weight is 264 g/mol. The SMILES string of the molecule is O=C(O)C1C2CCC(C2)C1NC(=O)N1CC=CCC1. The molecule has 1 aliphatic heterocycles. The van der Waals surface area contributed by atoms with Gasteiger partial charge in [-0.2, -0.15) is 0 Å². The first-order chi connectivity index (χ1) is 9.16. The predicted octanol–water partition coefficient (Wildman–Crippen LogP) is 1.46. The predicted molar refractivity (Wildman–Crippen MR) is 69.6 cm³/mol. The monoisotopic (exact) mass is 264 g/mol. The number of carboxylic acids is 1. The second kappa shape index (κ2) is 4.87. The van der Waals surface area contributed by atoms with Gasteiger partial charge in [-0.05, 0) is 37.5 Å². The van der Waals surface area contributed by atoms with Gasteiger partial charge in [-0.1, -0.05) is 12.2 Å². The summed E-state index contributed by atoms with van der Waals surface area (Å²) in [6.45, 7) is 1.35. The Hall–Kier alpha value is -1.52. The van der Waals surface area contributed by atoms with Crippen molar-refractivity contribution in [2.45, 2.75) is 31.7 Å². The van der Waals surface area contributed by atoms with Crippen LogP contribution in [0.1, 0.15) is 25.7 Å². The van der Waals surface area contributed by atoms with Crippen LogP contribution in [0.3, 0.4) is 0 Å². The zero-order chi connectivity index (χ0) is 13.4. The molecular formula is C14H20N2O3. The molecule has 2 bridgehead atoms. The number of hydrogen-bond acceptors (Lipinski definition) is 2. The Bertz CT molecular complexity index is 421. The zero-order valence-corrected chi connectivity index (χ0v) is 10.9. The minimum atomic E-state index is -0.754. The Kier molecular flexibility index (Phi) is 3.21. The number of nitrogens with one attached hydrogen (secondary N) is 1. The molecule has 19 heavy (non-hydrogen) atoms. The number of carbonyl (C=O) groups excluding carboxylic acids is 1. The van der Waals surface area contributed by atoms with Gasteiger partial charge in [0, 0.05) is 19.1 Å². The number of carbonyl (C=O) groups is 2. The van der Waals surface area contributed by atoms with E-state index in [0.717, 1.165) is 32.2 Å². The topological polar surface area (TPSA) is 69.6 Å². The fourth-order valence-corrected chi connectivity index (χ4v) is 3.91. The molecule has 0 saturated heterocycles. The molecule has 4 unspecified atom stereocenters. The van der Waals surface area contributed by atoms with E-state index in [1.165, 1.54) is 0 Å². The van der Waals surface area contributed by atoms with Crippen LogP contribution < -0.4 is 5.32 Å². The van der Waals surface area contributed by atoms with Crippen molar-refractivity contribution in [3.63, 3.8) is 0 Å². The van der Waals surface area contributed by atoms with Crippen LogP contribution >= 0.6 is 0 Å². The van der Waals surface area contributed by atoms with Crippen LogP contribution in [-0.4, -0.2) is 41.1 Å². The lowest BCUT2D eigenvalue weighted by atomic mass is 9.84. The summed E-state index contributed by atoms with van der Waals surface area (Å²) in [5.41, 5.74) is 0. The molecule has 2 aliphatic carbocycles. The normalized spacial score (nSPS) is 36.5. The molecule has 0 spiro atoms. The number of carboxylic acid groups (broad SMARTS) is 1. The Morgan fingerprint density at radius 2 is 2.00 bits per heavy atom. The van der Waals surface area contributed by atoms with E-state index in [1.54, 1.807) is 4.90 Å². The maximum Gasteiger partial charge on any atom is 0.317 e. The first-order valence-corrected chi connectivity index (χ1v) is 7.10. The van der Waals surface area contributed by atoms with E-state index >= 15 is 0 Å². The number of fused-ring (bicyclic) bond motifs is 2. The fraction of sp³-hybridized carbons (Fsp3) is 0.714. The minimum absolute atomic E-state index is 0.104. The number of nitrogens with zero attached hydrogens (tertiary/aromatic N) is 1. The van der Waals surface area contributed by atoms with Crippen LogP contribution in [0.25, 0.3) is 0 Å². The first kappa shape index (κ1) is 12.5. The van der Waals surface area contributed by atoms with Gasteiger partial charge < -0.3 is 15.3 Å². The standard InChI is InChI=1S/C14H20N2O3/c17-13(18)11-9-4-5-10(8-9)12(11)15-14(19)16-6-2-1-3-7-16/h1-2,9-12H,3-8H2,(H,15,19)(H,17,18). The van der Waals surface area contributed by atoms with Crippen LogP contribution in [-0.2, 0) is 4.79 Å². The lowest BCUT2D eigenvalue weighted by Gasteiger charge is -2.32. The summed E-state index contributed by atoms with van der Waals surface area (Å²) in [6, 6.07) is -0.275. The van der Waals surface area contributed by atoms with Crippen LogP contribution in [0, 0.1) is 17.8 Å². The molecule has 0 aromatic heterocycles. The Balaban J connectivity index is 1.66. The Labute approximate surface area is 112 Å². The molecule has 2 fully saturated rings. The van der Waals surface area contributed by atoms with E-state index in [2.05, 4.69) is 11.4 Å². The molecule has 2 amide bonds. The molecule has 3 aliphatic rings. The Morgan fingerprint density at radius 1 is 1.21 bits per heavy atom. The summed E-state index contributed by atoms with van der Waals surface area (Å²) in [4.78, 5) is 25.3. The van der Waals surface area contributed by atoms with E-state index in [1.807, 2.05) is 6.08 Å². The van der Waals surface area contributed by atoms with Crippen molar-refractivity contribution >= 4 is 12.0 Å². The summed E-state index contributed by atoms with van der Waals surface area (Å²) < 4.78 is 0. The van der Waals surface area contributed by atoms with Crippen LogP contribution in [0.5, 0.6) is 0 Å². The van der Waals surface area contributed by atoms with Gasteiger partial charge in [0.2, 0.25) is 0 Å². The van der Waals surface area contributed by atoms with Gasteiger partial charge in [0.1, 0.15) is 0 Å². The number of hydrogen-bond donors (Lipinski definition) is 2. The lowest BCUT2D eigenvalue weighted by Crippen LogP contribution is -2.52. The maximum atomic E-state index is 12.2. The van der Waals surface area contributed by atoms with Crippen molar-refractivity contribution in [1.29, 1.82) is 0 Å². The summed E-state index contributed by atoms with van der Waals surface area (Å²) >= 11 is 0. The molecule has 3 rings (SSSR count). The van der Waals surface area contributed by atoms with Crippen molar-refractivity contribution in [2.24, 2.45) is 17.8 Å². The van der Waals surface area contributed by atoms with E-state index < -0.39 is 5.97 Å². The first-order valence-electron chi connectivity index (χ1n) is 7.10. The highest BCUT2D eigenvalue weighted by atomic mass is 16.4. The molecular weight excluding hydrogens is 244 g/mol. The third-order valence-corrected chi connectivity index (χ3v) is 4.84. The van der Waals surface area contributed by atoms with Gasteiger partial charge in [-0.3, -0.25) is 4.79 Å². The molecule has 5 heteroatoms. The van der Waals surface area contributed by atoms with Crippen molar-refractivity contribution in [3.05, 3.63) is 12.2 Å². The third kappa shape index (κ3) is 2.22. The minimum Gasteiger partial charge on any atom is -0.481 e. The van der Waals surface area contributed by atoms with Gasteiger partial charge >= 0.3 is 12.0 Å². The second-order valence-corrected chi connectivity index (χ2v) is 5.88. The largest absolute Gasteiger partial charge is 0.481 e. The molecule has 4 atom stereocenters. The van der Waals surface area contributed by atoms with E-state index in [0.29, 0.717) is 12.5 Å². The second-order valence-electron chi connectivity index (χ2n) is 5.88. The van der Waals surface area contributed by atoms with Gasteiger partial charge in [-0.25, -0.2) is 4.79 Å². The Morgan fingerprint density at radius 3 is 2.68 bits per heavy atom. The van der Waals surface area contributed by atoms with Crippen LogP contribution in [0.15, 0.2) is 12.2 Å². The van der Waals surface area contributed by atoms with Gasteiger partial charge in [0.05, 0.1) is 5.92 Å². The van der Waals surface area contributed by atoms with Gasteiger partial charge in [0.25, 0.3) is 0 Å². The van der Waals surface area contributed by atoms with Crippen molar-refractivity contribution in [3.8, 4) is 0 Å². The molecule has 0 aromatic carbocycles. The molecule has 5 nitrogen and oxygen atoms in total. The summed E-state index contributed by atoms with van der Waals surface area (Å²) in [5, 5.41) is 12.3. The molecule has 1 heterocycles. The van der Waals surface area contributed by atoms with Gasteiger partial charge in [-0.15, -0.1) is 0 Å². The molecule has 0 aromatic rings. The molecule has 2 N–H and O–H groups in total. The van der Waals surface area contributed by atoms with Gasteiger partial charge in [0.15, 0.2) is 0 Å². The van der Waals surface area contributed by atoms with Crippen LogP contribution in [0.2, 0.25) is 0 Å². The summed E-state index contributed by atoms with van der Waals surface area (Å²) in [5.74, 6) is -0.525. The molecule has 2 saturated carbocycles. The molecule has 104 valence electrons. The number of aliphatic carboxylic acids is 1. The quantitative estimate of drug-likeness (QED) is 0.742.